The van der Waals surface area contributed by atoms with E-state index in [1.54, 1.807) is 48.5 Å². The number of nitrogens with zero attached hydrogens (tertiary/aromatic N) is 1. The van der Waals surface area contributed by atoms with Gasteiger partial charge in [0.15, 0.2) is 0 Å². The molecule has 0 heterocycles. The molecule has 138 valence electrons. The molecule has 0 fully saturated rings. The molecule has 0 radical (unpaired) electrons. The van der Waals surface area contributed by atoms with E-state index in [2.05, 4.69) is 10.6 Å². The average molecular weight is 369 g/mol. The molecule has 2 N–H and O–H groups in total. The van der Waals surface area contributed by atoms with E-state index < -0.39 is 6.04 Å². The van der Waals surface area contributed by atoms with Crippen molar-refractivity contribution in [3.8, 4) is 6.07 Å². The Labute approximate surface area is 163 Å². The van der Waals surface area contributed by atoms with Crippen molar-refractivity contribution in [3.63, 3.8) is 0 Å². The van der Waals surface area contributed by atoms with Gasteiger partial charge >= 0.3 is 0 Å². The summed E-state index contributed by atoms with van der Waals surface area (Å²) in [5, 5.41) is 14.7. The van der Waals surface area contributed by atoms with E-state index in [0.29, 0.717) is 16.8 Å². The van der Waals surface area contributed by atoms with Crippen molar-refractivity contribution in [3.05, 3.63) is 102 Å². The second kappa shape index (κ2) is 9.15. The molecule has 2 amide bonds. The lowest BCUT2D eigenvalue weighted by Crippen LogP contribution is -2.31. The molecule has 0 aliphatic heterocycles. The van der Waals surface area contributed by atoms with Gasteiger partial charge in [-0.25, -0.2) is 0 Å². The fraction of sp³-hybridized carbons (Fsp3) is 0.0870. The molecule has 5 heteroatoms. The molecule has 0 aromatic heterocycles. The van der Waals surface area contributed by atoms with Crippen LogP contribution in [-0.4, -0.2) is 11.8 Å². The predicted octanol–water partition coefficient (Wildman–Crippen LogP) is 4.06. The molecule has 0 saturated carbocycles. The van der Waals surface area contributed by atoms with Crippen molar-refractivity contribution in [2.24, 2.45) is 0 Å². The highest BCUT2D eigenvalue weighted by Gasteiger charge is 2.19. The minimum atomic E-state index is -0.479. The maximum Gasteiger partial charge on any atom is 0.251 e. The van der Waals surface area contributed by atoms with Gasteiger partial charge in [0.05, 0.1) is 24.1 Å². The molecule has 0 bridgehead atoms. The normalized spacial score (nSPS) is 11.1. The largest absolute Gasteiger partial charge is 0.345 e. The van der Waals surface area contributed by atoms with E-state index in [-0.39, 0.29) is 18.2 Å². The maximum absolute atomic E-state index is 12.6. The van der Waals surface area contributed by atoms with Gasteiger partial charge in [-0.15, -0.1) is 0 Å². The van der Waals surface area contributed by atoms with Gasteiger partial charge in [-0.3, -0.25) is 9.59 Å². The Morgan fingerprint density at radius 3 is 2.25 bits per heavy atom. The summed E-state index contributed by atoms with van der Waals surface area (Å²) in [7, 11) is 0. The van der Waals surface area contributed by atoms with E-state index in [9.17, 15) is 9.59 Å². The first-order valence-corrected chi connectivity index (χ1v) is 8.86. The van der Waals surface area contributed by atoms with Crippen molar-refractivity contribution in [1.29, 1.82) is 5.26 Å². The molecule has 28 heavy (non-hydrogen) atoms. The summed E-state index contributed by atoms with van der Waals surface area (Å²) in [5.74, 6) is -0.494. The zero-order valence-corrected chi connectivity index (χ0v) is 15.1. The highest BCUT2D eigenvalue weighted by molar-refractivity contribution is 5.95. The van der Waals surface area contributed by atoms with Gasteiger partial charge in [-0.05, 0) is 35.9 Å². The summed E-state index contributed by atoms with van der Waals surface area (Å²) < 4.78 is 0. The van der Waals surface area contributed by atoms with E-state index in [1.807, 2.05) is 42.5 Å². The molecule has 1 atom stereocenters. The lowest BCUT2D eigenvalue weighted by Gasteiger charge is -2.19. The molecule has 0 aliphatic carbocycles. The van der Waals surface area contributed by atoms with Crippen LogP contribution >= 0.6 is 0 Å². The van der Waals surface area contributed by atoms with Crippen LogP contribution in [0.25, 0.3) is 0 Å². The third-order valence-corrected chi connectivity index (χ3v) is 4.21. The van der Waals surface area contributed by atoms with Gasteiger partial charge in [0.2, 0.25) is 5.91 Å². The summed E-state index contributed by atoms with van der Waals surface area (Å²) in [6.07, 6.45) is 0.0688. The van der Waals surface area contributed by atoms with Gasteiger partial charge in [0.25, 0.3) is 5.91 Å². The molecule has 3 rings (SSSR count). The van der Waals surface area contributed by atoms with E-state index >= 15 is 0 Å². The third kappa shape index (κ3) is 5.05. The fourth-order valence-corrected chi connectivity index (χ4v) is 2.83. The maximum atomic E-state index is 12.6. The smallest absolute Gasteiger partial charge is 0.251 e. The van der Waals surface area contributed by atoms with E-state index in [1.165, 1.54) is 0 Å². The van der Waals surface area contributed by atoms with Gasteiger partial charge in [-0.1, -0.05) is 54.6 Å². The molecule has 0 saturated heterocycles. The number of carbonyl (C=O) groups excluding carboxylic acids is 2. The van der Waals surface area contributed by atoms with Crippen LogP contribution in [0.2, 0.25) is 0 Å². The quantitative estimate of drug-likeness (QED) is 0.687. The van der Waals surface area contributed by atoms with Gasteiger partial charge in [0.1, 0.15) is 0 Å². The summed E-state index contributed by atoms with van der Waals surface area (Å²) in [6.45, 7) is 0. The van der Waals surface area contributed by atoms with Crippen LogP contribution in [0.1, 0.15) is 33.9 Å². The monoisotopic (exact) mass is 369 g/mol. The SMILES string of the molecule is N#Cc1cccc(NC(=O)C[C@@H](NC(=O)c2ccccc2)c2ccccc2)c1. The Kier molecular flexibility index (Phi) is 6.17. The third-order valence-electron chi connectivity index (χ3n) is 4.21. The molecular formula is C23H19N3O2. The van der Waals surface area contributed by atoms with Crippen molar-refractivity contribution in [1.82, 2.24) is 5.32 Å². The van der Waals surface area contributed by atoms with Gasteiger partial charge < -0.3 is 10.6 Å². The van der Waals surface area contributed by atoms with Crippen LogP contribution in [0.5, 0.6) is 0 Å². The number of hydrogen-bond donors (Lipinski definition) is 2. The van der Waals surface area contributed by atoms with Crippen LogP contribution in [0.4, 0.5) is 5.69 Å². The number of nitrogens with one attached hydrogen (secondary N) is 2. The fourth-order valence-electron chi connectivity index (χ4n) is 2.83. The molecule has 5 nitrogen and oxygen atoms in total. The minimum absolute atomic E-state index is 0.0688. The summed E-state index contributed by atoms with van der Waals surface area (Å²) in [6, 6.07) is 26.5. The Hall–Kier alpha value is -3.91. The molecular weight excluding hydrogens is 350 g/mol. The van der Waals surface area contributed by atoms with Crippen LogP contribution in [0.3, 0.4) is 0 Å². The van der Waals surface area contributed by atoms with Crippen LogP contribution in [-0.2, 0) is 4.79 Å². The summed E-state index contributed by atoms with van der Waals surface area (Å²) in [5.41, 5.74) is 2.39. The topological polar surface area (TPSA) is 82.0 Å². The lowest BCUT2D eigenvalue weighted by atomic mass is 10.0. The molecule has 0 spiro atoms. The molecule has 3 aromatic rings. The summed E-state index contributed by atoms with van der Waals surface area (Å²) in [4.78, 5) is 25.1. The number of nitriles is 1. The number of anilines is 1. The van der Waals surface area contributed by atoms with Crippen molar-refractivity contribution in [2.75, 3.05) is 5.32 Å². The van der Waals surface area contributed by atoms with Crippen molar-refractivity contribution >= 4 is 17.5 Å². The van der Waals surface area contributed by atoms with Crippen molar-refractivity contribution < 1.29 is 9.59 Å². The number of benzene rings is 3. The van der Waals surface area contributed by atoms with Crippen LogP contribution in [0, 0.1) is 11.3 Å². The van der Waals surface area contributed by atoms with Gasteiger partial charge in [-0.2, -0.15) is 5.26 Å². The lowest BCUT2D eigenvalue weighted by molar-refractivity contribution is -0.116. The van der Waals surface area contributed by atoms with E-state index in [0.717, 1.165) is 5.56 Å². The van der Waals surface area contributed by atoms with Crippen LogP contribution in [0.15, 0.2) is 84.9 Å². The highest BCUT2D eigenvalue weighted by atomic mass is 16.2. The standard InChI is InChI=1S/C23H19N3O2/c24-16-17-8-7-13-20(14-17)25-22(27)15-21(18-9-3-1-4-10-18)26-23(28)19-11-5-2-6-12-19/h1-14,21H,15H2,(H,25,27)(H,26,28)/t21-/m1/s1. The van der Waals surface area contributed by atoms with Crippen LogP contribution < -0.4 is 10.6 Å². The van der Waals surface area contributed by atoms with Crippen molar-refractivity contribution in [2.45, 2.75) is 12.5 Å². The number of amides is 2. The first kappa shape index (κ1) is 18.9. The molecule has 0 unspecified atom stereocenters. The zero-order valence-electron chi connectivity index (χ0n) is 15.1. The number of rotatable bonds is 6. The Balaban J connectivity index is 1.74. The molecule has 3 aromatic carbocycles. The number of hydrogen-bond acceptors (Lipinski definition) is 3. The predicted molar refractivity (Wildman–Crippen MR) is 107 cm³/mol. The number of carbonyl (C=O) groups is 2. The minimum Gasteiger partial charge on any atom is -0.345 e. The first-order valence-electron chi connectivity index (χ1n) is 8.86. The first-order chi connectivity index (χ1) is 13.7. The zero-order chi connectivity index (χ0) is 19.8. The average Bonchev–Trinajstić information content (AvgIpc) is 2.74. The Morgan fingerprint density at radius 2 is 1.57 bits per heavy atom. The Bertz CT molecular complexity index is 995. The van der Waals surface area contributed by atoms with Gasteiger partial charge in [0, 0.05) is 11.3 Å². The Morgan fingerprint density at radius 1 is 0.893 bits per heavy atom. The second-order valence-electron chi connectivity index (χ2n) is 6.25. The van der Waals surface area contributed by atoms with E-state index in [4.69, 9.17) is 5.26 Å². The second-order valence-corrected chi connectivity index (χ2v) is 6.25. The highest BCUT2D eigenvalue weighted by Crippen LogP contribution is 2.19. The molecule has 0 aliphatic rings. The summed E-state index contributed by atoms with van der Waals surface area (Å²) >= 11 is 0.